The van der Waals surface area contributed by atoms with Gasteiger partial charge in [-0.2, -0.15) is 0 Å². The van der Waals surface area contributed by atoms with Crippen molar-refractivity contribution in [2.75, 3.05) is 11.9 Å². The Kier molecular flexibility index (Phi) is 5.99. The molecular weight excluding hydrogens is 340 g/mol. The second-order valence-electron chi connectivity index (χ2n) is 5.85. The van der Waals surface area contributed by atoms with E-state index in [1.54, 1.807) is 12.4 Å². The SMILES string of the molecule is CCOc1ccc(/C=C/C(=O)Nc2cccc(-c3nncn3CC)c2)cc1. The van der Waals surface area contributed by atoms with Crippen molar-refractivity contribution in [3.05, 3.63) is 66.5 Å². The summed E-state index contributed by atoms with van der Waals surface area (Å²) in [6.07, 6.45) is 4.97. The lowest BCUT2D eigenvalue weighted by molar-refractivity contribution is -0.111. The second-order valence-corrected chi connectivity index (χ2v) is 5.85. The highest BCUT2D eigenvalue weighted by Gasteiger charge is 2.07. The van der Waals surface area contributed by atoms with Crippen LogP contribution in [0.2, 0.25) is 0 Å². The van der Waals surface area contributed by atoms with Crippen LogP contribution in [0, 0.1) is 0 Å². The molecule has 2 aromatic carbocycles. The number of anilines is 1. The van der Waals surface area contributed by atoms with Crippen LogP contribution >= 0.6 is 0 Å². The third-order valence-corrected chi connectivity index (χ3v) is 3.96. The molecule has 1 aromatic heterocycles. The van der Waals surface area contributed by atoms with Crippen molar-refractivity contribution in [3.8, 4) is 17.1 Å². The Hall–Kier alpha value is -3.41. The largest absolute Gasteiger partial charge is 0.494 e. The van der Waals surface area contributed by atoms with E-state index >= 15 is 0 Å². The molecule has 0 fully saturated rings. The minimum absolute atomic E-state index is 0.196. The monoisotopic (exact) mass is 362 g/mol. The molecular formula is C21H22N4O2. The Bertz CT molecular complexity index is 929. The van der Waals surface area contributed by atoms with Crippen LogP contribution in [-0.2, 0) is 11.3 Å². The lowest BCUT2D eigenvalue weighted by Crippen LogP contribution is -2.07. The van der Waals surface area contributed by atoms with Crippen LogP contribution in [0.25, 0.3) is 17.5 Å². The van der Waals surface area contributed by atoms with Gasteiger partial charge in [0.1, 0.15) is 12.1 Å². The lowest BCUT2D eigenvalue weighted by atomic mass is 10.2. The van der Waals surface area contributed by atoms with E-state index in [1.165, 1.54) is 6.08 Å². The molecule has 0 bridgehead atoms. The second kappa shape index (κ2) is 8.80. The van der Waals surface area contributed by atoms with E-state index in [0.717, 1.165) is 29.2 Å². The molecule has 0 radical (unpaired) electrons. The molecule has 0 saturated carbocycles. The summed E-state index contributed by atoms with van der Waals surface area (Å²) in [5, 5.41) is 11.0. The fourth-order valence-corrected chi connectivity index (χ4v) is 2.64. The predicted molar refractivity (Wildman–Crippen MR) is 106 cm³/mol. The number of ether oxygens (including phenoxy) is 1. The number of hydrogen-bond donors (Lipinski definition) is 1. The highest BCUT2D eigenvalue weighted by atomic mass is 16.5. The van der Waals surface area contributed by atoms with Crippen LogP contribution in [0.4, 0.5) is 5.69 Å². The quantitative estimate of drug-likeness (QED) is 0.645. The Morgan fingerprint density at radius 3 is 2.74 bits per heavy atom. The number of rotatable bonds is 7. The summed E-state index contributed by atoms with van der Waals surface area (Å²) in [7, 11) is 0. The predicted octanol–water partition coefficient (Wildman–Crippen LogP) is 4.02. The maximum atomic E-state index is 12.2. The molecule has 3 rings (SSSR count). The molecule has 138 valence electrons. The van der Waals surface area contributed by atoms with E-state index < -0.39 is 0 Å². The maximum Gasteiger partial charge on any atom is 0.248 e. The van der Waals surface area contributed by atoms with Gasteiger partial charge in [0.2, 0.25) is 5.91 Å². The highest BCUT2D eigenvalue weighted by Crippen LogP contribution is 2.21. The first-order valence-electron chi connectivity index (χ1n) is 8.89. The number of benzene rings is 2. The normalized spacial score (nSPS) is 10.9. The van der Waals surface area contributed by atoms with Crippen LogP contribution in [0.15, 0.2) is 60.9 Å². The standard InChI is InChI=1S/C21H22N4O2/c1-3-25-15-22-24-21(25)17-6-5-7-18(14-17)23-20(26)13-10-16-8-11-19(12-9-16)27-4-2/h5-15H,3-4H2,1-2H3,(H,23,26)/b13-10+. The number of amides is 1. The Morgan fingerprint density at radius 1 is 1.19 bits per heavy atom. The molecule has 1 N–H and O–H groups in total. The number of nitrogens with one attached hydrogen (secondary N) is 1. The molecule has 0 unspecified atom stereocenters. The van der Waals surface area contributed by atoms with Crippen molar-refractivity contribution in [2.24, 2.45) is 0 Å². The molecule has 0 atom stereocenters. The van der Waals surface area contributed by atoms with E-state index in [2.05, 4.69) is 15.5 Å². The van der Waals surface area contributed by atoms with Crippen molar-refractivity contribution in [3.63, 3.8) is 0 Å². The molecule has 6 heteroatoms. The third kappa shape index (κ3) is 4.82. The van der Waals surface area contributed by atoms with Gasteiger partial charge in [-0.25, -0.2) is 0 Å². The molecule has 0 spiro atoms. The number of aryl methyl sites for hydroxylation is 1. The van der Waals surface area contributed by atoms with Crippen molar-refractivity contribution >= 4 is 17.7 Å². The molecule has 0 aliphatic carbocycles. The number of nitrogens with zero attached hydrogens (tertiary/aromatic N) is 3. The van der Waals surface area contributed by atoms with Gasteiger partial charge in [0.05, 0.1) is 6.61 Å². The summed E-state index contributed by atoms with van der Waals surface area (Å²) in [4.78, 5) is 12.2. The number of aromatic nitrogens is 3. The Balaban J connectivity index is 1.66. The molecule has 27 heavy (non-hydrogen) atoms. The topological polar surface area (TPSA) is 69.0 Å². The van der Waals surface area contributed by atoms with E-state index in [1.807, 2.05) is 66.9 Å². The molecule has 3 aromatic rings. The molecule has 0 aliphatic heterocycles. The minimum atomic E-state index is -0.196. The van der Waals surface area contributed by atoms with Crippen LogP contribution < -0.4 is 10.1 Å². The smallest absolute Gasteiger partial charge is 0.248 e. The van der Waals surface area contributed by atoms with Crippen LogP contribution in [-0.4, -0.2) is 27.3 Å². The molecule has 6 nitrogen and oxygen atoms in total. The van der Waals surface area contributed by atoms with Gasteiger partial charge in [-0.05, 0) is 49.8 Å². The fourth-order valence-electron chi connectivity index (χ4n) is 2.64. The van der Waals surface area contributed by atoms with Crippen LogP contribution in [0.3, 0.4) is 0 Å². The number of hydrogen-bond acceptors (Lipinski definition) is 4. The fraction of sp³-hybridized carbons (Fsp3) is 0.190. The van der Waals surface area contributed by atoms with Gasteiger partial charge in [0, 0.05) is 23.9 Å². The van der Waals surface area contributed by atoms with Crippen molar-refractivity contribution in [1.29, 1.82) is 0 Å². The summed E-state index contributed by atoms with van der Waals surface area (Å²) in [5.74, 6) is 1.40. The van der Waals surface area contributed by atoms with Crippen LogP contribution in [0.1, 0.15) is 19.4 Å². The lowest BCUT2D eigenvalue weighted by Gasteiger charge is -2.06. The average molecular weight is 362 g/mol. The number of carbonyl (C=O) groups excluding carboxylic acids is 1. The molecule has 1 heterocycles. The van der Waals surface area contributed by atoms with Crippen molar-refractivity contribution < 1.29 is 9.53 Å². The summed E-state index contributed by atoms with van der Waals surface area (Å²) in [6.45, 7) is 5.39. The van der Waals surface area contributed by atoms with Crippen molar-refractivity contribution in [2.45, 2.75) is 20.4 Å². The first-order valence-corrected chi connectivity index (χ1v) is 8.89. The number of carbonyl (C=O) groups is 1. The van der Waals surface area contributed by atoms with Gasteiger partial charge >= 0.3 is 0 Å². The third-order valence-electron chi connectivity index (χ3n) is 3.96. The van der Waals surface area contributed by atoms with Gasteiger partial charge in [-0.1, -0.05) is 24.3 Å². The highest BCUT2D eigenvalue weighted by molar-refractivity contribution is 6.02. The average Bonchev–Trinajstić information content (AvgIpc) is 3.17. The van der Waals surface area contributed by atoms with Gasteiger partial charge in [0.25, 0.3) is 0 Å². The minimum Gasteiger partial charge on any atom is -0.494 e. The summed E-state index contributed by atoms with van der Waals surface area (Å²) >= 11 is 0. The summed E-state index contributed by atoms with van der Waals surface area (Å²) in [5.41, 5.74) is 2.54. The first-order chi connectivity index (χ1) is 13.2. The van der Waals surface area contributed by atoms with E-state index in [0.29, 0.717) is 12.3 Å². The summed E-state index contributed by atoms with van der Waals surface area (Å²) in [6, 6.07) is 15.2. The van der Waals surface area contributed by atoms with Crippen molar-refractivity contribution in [1.82, 2.24) is 14.8 Å². The zero-order chi connectivity index (χ0) is 19.1. The van der Waals surface area contributed by atoms with E-state index in [-0.39, 0.29) is 5.91 Å². The maximum absolute atomic E-state index is 12.2. The van der Waals surface area contributed by atoms with Gasteiger partial charge in [-0.3, -0.25) is 4.79 Å². The molecule has 0 saturated heterocycles. The first kappa shape index (κ1) is 18.4. The van der Waals surface area contributed by atoms with Gasteiger partial charge < -0.3 is 14.6 Å². The van der Waals surface area contributed by atoms with Gasteiger partial charge in [-0.15, -0.1) is 10.2 Å². The van der Waals surface area contributed by atoms with E-state index in [9.17, 15) is 4.79 Å². The van der Waals surface area contributed by atoms with Crippen LogP contribution in [0.5, 0.6) is 5.75 Å². The Labute approximate surface area is 158 Å². The zero-order valence-electron chi connectivity index (χ0n) is 15.4. The Morgan fingerprint density at radius 2 is 2.00 bits per heavy atom. The summed E-state index contributed by atoms with van der Waals surface area (Å²) < 4.78 is 7.36. The molecule has 0 aliphatic rings. The van der Waals surface area contributed by atoms with Gasteiger partial charge in [0.15, 0.2) is 5.82 Å². The van der Waals surface area contributed by atoms with E-state index in [4.69, 9.17) is 4.74 Å². The zero-order valence-corrected chi connectivity index (χ0v) is 15.4. The molecule has 1 amide bonds.